The Labute approximate surface area is 324 Å². The molecular weight excluding hydrogens is 720 g/mol. The molecule has 4 aromatic carbocycles. The Balaban J connectivity index is 1.33. The summed E-state index contributed by atoms with van der Waals surface area (Å²) in [6, 6.07) is 20.1. The van der Waals surface area contributed by atoms with Crippen LogP contribution >= 0.6 is 0 Å². The predicted molar refractivity (Wildman–Crippen MR) is 208 cm³/mol. The van der Waals surface area contributed by atoms with Gasteiger partial charge in [-0.2, -0.15) is 0 Å². The molecule has 2 heterocycles. The average Bonchev–Trinajstić information content (AvgIpc) is 3.20. The third-order valence-corrected chi connectivity index (χ3v) is 10.0. The Morgan fingerprint density at radius 2 is 0.964 bits per heavy atom. The fourth-order valence-corrected chi connectivity index (χ4v) is 6.93. The van der Waals surface area contributed by atoms with E-state index in [1.807, 2.05) is 60.7 Å². The Bertz CT molecular complexity index is 2060. The van der Waals surface area contributed by atoms with Gasteiger partial charge in [0.05, 0.1) is 36.4 Å². The number of nitrogens with zero attached hydrogens (tertiary/aromatic N) is 2. The molecule has 4 amide bonds. The van der Waals surface area contributed by atoms with Gasteiger partial charge in [-0.1, -0.05) is 60.7 Å². The number of carbonyl (C=O) groups excluding carboxylic acids is 4. The maximum Gasteiger partial charge on any atom is 0.338 e. The summed E-state index contributed by atoms with van der Waals surface area (Å²) in [4.78, 5) is 56.3. The van der Waals surface area contributed by atoms with Crippen LogP contribution in [0, 0.1) is 0 Å². The first-order valence-electron chi connectivity index (χ1n) is 18.2. The third-order valence-electron chi connectivity index (χ3n) is 10.0. The molecule has 2 atom stereocenters. The number of urea groups is 2. The molecule has 0 radical (unpaired) electrons. The molecule has 0 bridgehead atoms. The normalized spacial score (nSPS) is 17.2. The van der Waals surface area contributed by atoms with Crippen LogP contribution in [-0.4, -0.2) is 102 Å². The van der Waals surface area contributed by atoms with Crippen LogP contribution in [0.5, 0.6) is 11.5 Å². The van der Waals surface area contributed by atoms with Crippen LogP contribution in [0.4, 0.5) is 9.59 Å². The number of rotatable bonds is 15. The number of hydrogen-bond acceptors (Lipinski definition) is 10. The fourth-order valence-electron chi connectivity index (χ4n) is 6.93. The minimum absolute atomic E-state index is 0.0383. The van der Waals surface area contributed by atoms with Crippen molar-refractivity contribution in [1.82, 2.24) is 20.4 Å². The SMILES string of the molecule is COCCOC(=O)C1=C(C)N(C)C(=O)NC1c1c(OCCOc2ccc3ccccc3c2C2NC(=O)N(C)C(C)=C2C(=O)OCCOC)ccc2ccccc12. The smallest absolute Gasteiger partial charge is 0.338 e. The van der Waals surface area contributed by atoms with Crippen LogP contribution in [-0.2, 0) is 28.5 Å². The molecule has 6 rings (SSSR count). The summed E-state index contributed by atoms with van der Waals surface area (Å²) in [7, 11) is 6.21. The van der Waals surface area contributed by atoms with Crippen molar-refractivity contribution in [3.8, 4) is 11.5 Å². The third kappa shape index (κ3) is 7.97. The van der Waals surface area contributed by atoms with E-state index in [0.717, 1.165) is 21.5 Å². The molecule has 14 nitrogen and oxygen atoms in total. The minimum Gasteiger partial charge on any atom is -0.490 e. The Kier molecular flexibility index (Phi) is 12.4. The first-order chi connectivity index (χ1) is 27.1. The van der Waals surface area contributed by atoms with Gasteiger partial charge in [-0.15, -0.1) is 0 Å². The highest BCUT2D eigenvalue weighted by molar-refractivity contribution is 5.99. The standard InChI is InChI=1S/C42H46N4O10/c1-25-33(39(47)55-21-19-51-5)37(43-41(49)45(25)3)35-29-13-9-7-11-27(29)15-17-31(35)53-23-24-54-32-18-16-28-12-8-10-14-30(28)36(32)38-34(40(48)56-22-20-52-6)26(2)46(4)42(50)44-38/h7-18,37-38H,19-24H2,1-6H3,(H,43,49)(H,44,50). The number of nitrogens with one attached hydrogen (secondary N) is 2. The zero-order valence-electron chi connectivity index (χ0n) is 32.3. The molecular formula is C42H46N4O10. The van der Waals surface area contributed by atoms with Gasteiger partial charge in [0.25, 0.3) is 0 Å². The number of hydrogen-bond donors (Lipinski definition) is 2. The van der Waals surface area contributed by atoms with E-state index in [1.165, 1.54) is 24.0 Å². The van der Waals surface area contributed by atoms with E-state index in [2.05, 4.69) is 10.6 Å². The lowest BCUT2D eigenvalue weighted by molar-refractivity contribution is -0.141. The van der Waals surface area contributed by atoms with Gasteiger partial charge in [0.1, 0.15) is 37.9 Å². The summed E-state index contributed by atoms with van der Waals surface area (Å²) in [5.74, 6) is -0.319. The van der Waals surface area contributed by atoms with E-state index < -0.39 is 24.0 Å². The van der Waals surface area contributed by atoms with Gasteiger partial charge in [0.2, 0.25) is 0 Å². The number of benzene rings is 4. The topological polar surface area (TPSA) is 154 Å². The molecule has 2 aliphatic heterocycles. The van der Waals surface area contributed by atoms with E-state index in [9.17, 15) is 19.2 Å². The summed E-state index contributed by atoms with van der Waals surface area (Å²) in [6.45, 7) is 4.01. The molecule has 0 fully saturated rings. The molecule has 0 aromatic heterocycles. The van der Waals surface area contributed by atoms with Crippen molar-refractivity contribution in [3.63, 3.8) is 0 Å². The summed E-state index contributed by atoms with van der Waals surface area (Å²) >= 11 is 0. The van der Waals surface area contributed by atoms with E-state index in [0.29, 0.717) is 34.0 Å². The lowest BCUT2D eigenvalue weighted by atomic mass is 9.90. The van der Waals surface area contributed by atoms with Crippen molar-refractivity contribution in [2.45, 2.75) is 25.9 Å². The molecule has 4 aromatic rings. The summed E-state index contributed by atoms with van der Waals surface area (Å²) in [5.41, 5.74) is 2.59. The molecule has 0 aliphatic carbocycles. The van der Waals surface area contributed by atoms with Gasteiger partial charge >= 0.3 is 24.0 Å². The number of methoxy groups -OCH3 is 2. The van der Waals surface area contributed by atoms with Crippen LogP contribution in [0.1, 0.15) is 37.1 Å². The molecule has 0 spiro atoms. The number of fused-ring (bicyclic) bond motifs is 2. The summed E-state index contributed by atoms with van der Waals surface area (Å²) < 4.78 is 34.1. The number of ether oxygens (including phenoxy) is 6. The van der Waals surface area contributed by atoms with Gasteiger partial charge in [-0.05, 0) is 47.5 Å². The van der Waals surface area contributed by atoms with E-state index >= 15 is 0 Å². The second kappa shape index (κ2) is 17.6. The summed E-state index contributed by atoms with van der Waals surface area (Å²) in [6.07, 6.45) is 0. The molecule has 14 heteroatoms. The zero-order chi connectivity index (χ0) is 39.9. The second-order valence-electron chi connectivity index (χ2n) is 13.2. The molecule has 2 aliphatic rings. The molecule has 0 saturated heterocycles. The van der Waals surface area contributed by atoms with Gasteiger partial charge in [-0.3, -0.25) is 0 Å². The average molecular weight is 767 g/mol. The quantitative estimate of drug-likeness (QED) is 0.113. The van der Waals surface area contributed by atoms with Crippen LogP contribution in [0.3, 0.4) is 0 Å². The first-order valence-corrected chi connectivity index (χ1v) is 18.2. The Morgan fingerprint density at radius 1 is 0.571 bits per heavy atom. The predicted octanol–water partition coefficient (Wildman–Crippen LogP) is 5.77. The Hall–Kier alpha value is -6.12. The highest BCUT2D eigenvalue weighted by Gasteiger charge is 2.39. The van der Waals surface area contributed by atoms with Crippen molar-refractivity contribution < 1.29 is 47.6 Å². The van der Waals surface area contributed by atoms with Gasteiger partial charge in [0, 0.05) is 50.8 Å². The first kappa shape index (κ1) is 39.6. The van der Waals surface area contributed by atoms with E-state index in [1.54, 1.807) is 40.1 Å². The van der Waals surface area contributed by atoms with Gasteiger partial charge in [0.15, 0.2) is 0 Å². The van der Waals surface area contributed by atoms with Crippen LogP contribution < -0.4 is 20.1 Å². The number of allylic oxidation sites excluding steroid dienone is 2. The molecule has 0 saturated carbocycles. The highest BCUT2D eigenvalue weighted by Crippen LogP contribution is 2.42. The van der Waals surface area contributed by atoms with Crippen molar-refractivity contribution in [3.05, 3.63) is 106 Å². The molecule has 294 valence electrons. The molecule has 2 N–H and O–H groups in total. The van der Waals surface area contributed by atoms with E-state index in [-0.39, 0.29) is 62.8 Å². The lowest BCUT2D eigenvalue weighted by Crippen LogP contribution is -2.46. The number of esters is 2. The van der Waals surface area contributed by atoms with Crippen molar-refractivity contribution in [2.75, 3.05) is 68.0 Å². The largest absolute Gasteiger partial charge is 0.490 e. The molecule has 56 heavy (non-hydrogen) atoms. The monoisotopic (exact) mass is 766 g/mol. The molecule has 2 unspecified atom stereocenters. The van der Waals surface area contributed by atoms with Crippen molar-refractivity contribution >= 4 is 45.5 Å². The number of amides is 4. The Morgan fingerprint density at radius 3 is 1.36 bits per heavy atom. The van der Waals surface area contributed by atoms with E-state index in [4.69, 9.17) is 28.4 Å². The second-order valence-corrected chi connectivity index (χ2v) is 13.2. The van der Waals surface area contributed by atoms with Crippen LogP contribution in [0.2, 0.25) is 0 Å². The highest BCUT2D eigenvalue weighted by atomic mass is 16.6. The number of carbonyl (C=O) groups is 4. The fraction of sp³-hybridized carbons (Fsp3) is 0.333. The van der Waals surface area contributed by atoms with Gasteiger partial charge in [-0.25, -0.2) is 19.2 Å². The maximum atomic E-state index is 13.6. The van der Waals surface area contributed by atoms with Crippen molar-refractivity contribution in [1.29, 1.82) is 0 Å². The zero-order valence-corrected chi connectivity index (χ0v) is 32.3. The maximum absolute atomic E-state index is 13.6. The van der Waals surface area contributed by atoms with Crippen LogP contribution in [0.15, 0.2) is 95.3 Å². The van der Waals surface area contributed by atoms with Crippen molar-refractivity contribution in [2.24, 2.45) is 0 Å². The minimum atomic E-state index is -0.895. The lowest BCUT2D eigenvalue weighted by Gasteiger charge is -2.34. The van der Waals surface area contributed by atoms with Gasteiger partial charge < -0.3 is 48.9 Å². The van der Waals surface area contributed by atoms with Crippen LogP contribution in [0.25, 0.3) is 21.5 Å². The summed E-state index contributed by atoms with van der Waals surface area (Å²) in [5, 5.41) is 9.27.